The van der Waals surface area contributed by atoms with Crippen LogP contribution in [0.15, 0.2) is 48.2 Å². The Balaban J connectivity index is 2.17. The first-order valence-corrected chi connectivity index (χ1v) is 6.14. The number of nitrogens with zero attached hydrogens (tertiary/aromatic N) is 2. The smallest absolute Gasteiger partial charge is 0.131 e. The molecule has 1 N–H and O–H groups in total. The molecule has 0 spiro atoms. The minimum atomic E-state index is -0.678. The van der Waals surface area contributed by atoms with E-state index >= 15 is 0 Å². The van der Waals surface area contributed by atoms with Crippen LogP contribution in [-0.2, 0) is 0 Å². The molecule has 4 heteroatoms. The second-order valence-corrected chi connectivity index (χ2v) is 4.64. The lowest BCUT2D eigenvalue weighted by molar-refractivity contribution is 0.221. The number of aliphatic hydroxyl groups excluding tert-OH is 1. The molecule has 0 amide bonds. The molecule has 3 aromatic rings. The Morgan fingerprint density at radius 1 is 1.18 bits per heavy atom. The van der Waals surface area contributed by atoms with Crippen molar-refractivity contribution in [3.8, 4) is 0 Å². The molecule has 1 atom stereocenters. The first-order valence-electron chi connectivity index (χ1n) is 5.26. The molecule has 0 saturated heterocycles. The molecule has 0 aliphatic rings. The molecule has 84 valence electrons. The van der Waals surface area contributed by atoms with Crippen molar-refractivity contribution in [1.82, 2.24) is 9.97 Å². The Morgan fingerprint density at radius 3 is 2.94 bits per heavy atom. The van der Waals surface area contributed by atoms with Crippen molar-refractivity contribution >= 4 is 22.1 Å². The average molecular weight is 242 g/mol. The Morgan fingerprint density at radius 2 is 2.12 bits per heavy atom. The lowest BCUT2D eigenvalue weighted by Gasteiger charge is -2.10. The Hall–Kier alpha value is -1.78. The summed E-state index contributed by atoms with van der Waals surface area (Å²) in [4.78, 5) is 8.26. The molecule has 3 rings (SSSR count). The predicted molar refractivity (Wildman–Crippen MR) is 67.9 cm³/mol. The van der Waals surface area contributed by atoms with Gasteiger partial charge in [-0.25, -0.2) is 4.98 Å². The highest BCUT2D eigenvalue weighted by atomic mass is 32.1. The van der Waals surface area contributed by atoms with Gasteiger partial charge >= 0.3 is 0 Å². The summed E-state index contributed by atoms with van der Waals surface area (Å²) in [6.45, 7) is 0. The summed E-state index contributed by atoms with van der Waals surface area (Å²) in [5.74, 6) is 0. The fourth-order valence-electron chi connectivity index (χ4n) is 1.88. The molecule has 1 aromatic carbocycles. The molecule has 0 aliphatic heterocycles. The monoisotopic (exact) mass is 242 g/mol. The van der Waals surface area contributed by atoms with Crippen LogP contribution >= 0.6 is 11.3 Å². The van der Waals surface area contributed by atoms with E-state index in [-0.39, 0.29) is 0 Å². The first-order chi connectivity index (χ1) is 8.36. The van der Waals surface area contributed by atoms with E-state index in [0.29, 0.717) is 5.01 Å². The minimum absolute atomic E-state index is 0.678. The Labute approximate surface area is 102 Å². The summed E-state index contributed by atoms with van der Waals surface area (Å²) in [6, 6.07) is 7.80. The number of hydrogen-bond acceptors (Lipinski definition) is 4. The number of benzene rings is 1. The molecule has 0 bridgehead atoms. The molecule has 0 saturated carbocycles. The Kier molecular flexibility index (Phi) is 2.59. The molecule has 17 heavy (non-hydrogen) atoms. The molecule has 0 radical (unpaired) electrons. The van der Waals surface area contributed by atoms with Gasteiger partial charge in [-0.3, -0.25) is 4.98 Å². The normalized spacial score (nSPS) is 12.8. The quantitative estimate of drug-likeness (QED) is 0.751. The Bertz CT molecular complexity index is 631. The maximum atomic E-state index is 10.3. The maximum Gasteiger partial charge on any atom is 0.131 e. The lowest BCUT2D eigenvalue weighted by atomic mass is 10.0. The standard InChI is InChI=1S/C13H10N2OS/c16-12(13-15-6-7-17-13)10-3-1-2-9-4-5-14-8-11(9)10/h1-8,12,16H. The van der Waals surface area contributed by atoms with Crippen LogP contribution in [0.2, 0.25) is 0 Å². The number of hydrogen-bond donors (Lipinski definition) is 1. The lowest BCUT2D eigenvalue weighted by Crippen LogP contribution is -1.99. The molecule has 3 nitrogen and oxygen atoms in total. The SMILES string of the molecule is OC(c1nccs1)c1cccc2ccncc12. The number of aliphatic hydroxyl groups is 1. The molecule has 1 unspecified atom stereocenters. The molecule has 0 fully saturated rings. The predicted octanol–water partition coefficient (Wildman–Crippen LogP) is 2.77. The van der Waals surface area contributed by atoms with Gasteiger partial charge < -0.3 is 5.11 Å². The number of thiazole rings is 1. The van der Waals surface area contributed by atoms with Crippen molar-refractivity contribution in [3.05, 3.63) is 58.8 Å². The van der Waals surface area contributed by atoms with Crippen LogP contribution in [0.5, 0.6) is 0 Å². The van der Waals surface area contributed by atoms with Crippen LogP contribution < -0.4 is 0 Å². The van der Waals surface area contributed by atoms with Gasteiger partial charge in [0.05, 0.1) is 0 Å². The minimum Gasteiger partial charge on any atom is -0.381 e. The highest BCUT2D eigenvalue weighted by molar-refractivity contribution is 7.09. The molecular weight excluding hydrogens is 232 g/mol. The van der Waals surface area contributed by atoms with Crippen molar-refractivity contribution < 1.29 is 5.11 Å². The summed E-state index contributed by atoms with van der Waals surface area (Å²) >= 11 is 1.45. The van der Waals surface area contributed by atoms with Gasteiger partial charge in [0.25, 0.3) is 0 Å². The van der Waals surface area contributed by atoms with Gasteiger partial charge in [0.1, 0.15) is 11.1 Å². The second kappa shape index (κ2) is 4.24. The number of pyridine rings is 1. The van der Waals surface area contributed by atoms with Gasteiger partial charge in [-0.2, -0.15) is 0 Å². The third-order valence-corrected chi connectivity index (χ3v) is 3.53. The zero-order valence-corrected chi connectivity index (χ0v) is 9.76. The van der Waals surface area contributed by atoms with E-state index in [1.165, 1.54) is 11.3 Å². The zero-order valence-electron chi connectivity index (χ0n) is 8.95. The number of rotatable bonds is 2. The van der Waals surface area contributed by atoms with Crippen LogP contribution in [0.25, 0.3) is 10.8 Å². The van der Waals surface area contributed by atoms with E-state index in [1.807, 2.05) is 29.6 Å². The van der Waals surface area contributed by atoms with E-state index in [2.05, 4.69) is 9.97 Å². The van der Waals surface area contributed by atoms with Crippen molar-refractivity contribution in [1.29, 1.82) is 0 Å². The van der Waals surface area contributed by atoms with Crippen LogP contribution in [0.4, 0.5) is 0 Å². The van der Waals surface area contributed by atoms with Gasteiger partial charge in [0.15, 0.2) is 0 Å². The third-order valence-electron chi connectivity index (χ3n) is 2.70. The van der Waals surface area contributed by atoms with Gasteiger partial charge in [0, 0.05) is 29.4 Å². The summed E-state index contributed by atoms with van der Waals surface area (Å²) in [5.41, 5.74) is 0.852. The van der Waals surface area contributed by atoms with Crippen molar-refractivity contribution in [2.45, 2.75) is 6.10 Å². The van der Waals surface area contributed by atoms with Crippen molar-refractivity contribution in [3.63, 3.8) is 0 Å². The third kappa shape index (κ3) is 1.81. The summed E-state index contributed by atoms with van der Waals surface area (Å²) in [6.07, 6.45) is 4.55. The van der Waals surface area contributed by atoms with Gasteiger partial charge in [-0.05, 0) is 17.0 Å². The van der Waals surface area contributed by atoms with Gasteiger partial charge in [-0.1, -0.05) is 18.2 Å². The number of fused-ring (bicyclic) bond motifs is 1. The topological polar surface area (TPSA) is 46.0 Å². The first kappa shape index (κ1) is 10.4. The largest absolute Gasteiger partial charge is 0.381 e. The number of aromatic nitrogens is 2. The highest BCUT2D eigenvalue weighted by Gasteiger charge is 2.15. The molecule has 0 aliphatic carbocycles. The summed E-state index contributed by atoms with van der Waals surface area (Å²) in [7, 11) is 0. The van der Waals surface area contributed by atoms with Crippen LogP contribution in [-0.4, -0.2) is 15.1 Å². The average Bonchev–Trinajstić information content (AvgIpc) is 2.91. The highest BCUT2D eigenvalue weighted by Crippen LogP contribution is 2.29. The van der Waals surface area contributed by atoms with E-state index in [9.17, 15) is 5.11 Å². The van der Waals surface area contributed by atoms with E-state index in [0.717, 1.165) is 16.3 Å². The molecule has 2 aromatic heterocycles. The van der Waals surface area contributed by atoms with Gasteiger partial charge in [-0.15, -0.1) is 11.3 Å². The van der Waals surface area contributed by atoms with Crippen molar-refractivity contribution in [2.75, 3.05) is 0 Å². The fraction of sp³-hybridized carbons (Fsp3) is 0.0769. The summed E-state index contributed by atoms with van der Waals surface area (Å²) in [5, 5.41) is 14.9. The van der Waals surface area contributed by atoms with Crippen molar-refractivity contribution in [2.24, 2.45) is 0 Å². The van der Waals surface area contributed by atoms with Gasteiger partial charge in [0.2, 0.25) is 0 Å². The van der Waals surface area contributed by atoms with Crippen LogP contribution in [0.1, 0.15) is 16.7 Å². The molecular formula is C13H10N2OS. The van der Waals surface area contributed by atoms with E-state index in [1.54, 1.807) is 18.6 Å². The maximum absolute atomic E-state index is 10.3. The van der Waals surface area contributed by atoms with E-state index < -0.39 is 6.10 Å². The van der Waals surface area contributed by atoms with Crippen LogP contribution in [0, 0.1) is 0 Å². The summed E-state index contributed by atoms with van der Waals surface area (Å²) < 4.78 is 0. The fourth-order valence-corrected chi connectivity index (χ4v) is 2.52. The molecule has 2 heterocycles. The van der Waals surface area contributed by atoms with E-state index in [4.69, 9.17) is 0 Å². The zero-order chi connectivity index (χ0) is 11.7. The second-order valence-electron chi connectivity index (χ2n) is 3.72. The van der Waals surface area contributed by atoms with Crippen LogP contribution in [0.3, 0.4) is 0 Å².